The highest BCUT2D eigenvalue weighted by Gasteiger charge is 2.28. The normalized spacial score (nSPS) is 20.2. The summed E-state index contributed by atoms with van der Waals surface area (Å²) in [5.41, 5.74) is 3.76. The first-order chi connectivity index (χ1) is 14.7. The highest BCUT2D eigenvalue weighted by molar-refractivity contribution is 5.79. The molecule has 2 heterocycles. The topological polar surface area (TPSA) is 36.0 Å². The summed E-state index contributed by atoms with van der Waals surface area (Å²) in [6.45, 7) is 6.85. The summed E-state index contributed by atoms with van der Waals surface area (Å²) in [7, 11) is 1.95. The quantitative estimate of drug-likeness (QED) is 0.735. The summed E-state index contributed by atoms with van der Waals surface area (Å²) < 4.78 is 5.50. The van der Waals surface area contributed by atoms with Gasteiger partial charge < -0.3 is 14.5 Å². The van der Waals surface area contributed by atoms with Gasteiger partial charge in [0, 0.05) is 45.5 Å². The van der Waals surface area contributed by atoms with Crippen LogP contribution < -0.4 is 4.90 Å². The Hall–Kier alpha value is -2.37. The number of carbonyl (C=O) groups is 1. The van der Waals surface area contributed by atoms with Gasteiger partial charge >= 0.3 is 0 Å². The molecule has 1 amide bonds. The van der Waals surface area contributed by atoms with Gasteiger partial charge in [0.05, 0.1) is 19.1 Å². The van der Waals surface area contributed by atoms with Crippen molar-refractivity contribution < 1.29 is 9.53 Å². The van der Waals surface area contributed by atoms with Crippen molar-refractivity contribution in [2.75, 3.05) is 51.3 Å². The summed E-state index contributed by atoms with van der Waals surface area (Å²) in [4.78, 5) is 20.0. The van der Waals surface area contributed by atoms with E-state index in [1.54, 1.807) is 0 Å². The fraction of sp³-hybridized carbons (Fsp3) is 0.480. The number of benzene rings is 2. The number of carbonyl (C=O) groups excluding carboxylic acids is 1. The molecule has 160 valence electrons. The van der Waals surface area contributed by atoms with Crippen LogP contribution in [-0.4, -0.2) is 62.1 Å². The molecule has 2 aliphatic heterocycles. The number of piperidine rings is 1. The molecule has 2 saturated heterocycles. The second-order valence-corrected chi connectivity index (χ2v) is 8.48. The molecule has 1 atom stereocenters. The van der Waals surface area contributed by atoms with Gasteiger partial charge in [0.1, 0.15) is 0 Å². The average molecular weight is 408 g/mol. The molecule has 4 rings (SSSR count). The van der Waals surface area contributed by atoms with Crippen LogP contribution in [0.25, 0.3) is 0 Å². The monoisotopic (exact) mass is 407 g/mol. The van der Waals surface area contributed by atoms with Gasteiger partial charge in [-0.15, -0.1) is 0 Å². The first kappa shape index (κ1) is 20.9. The third-order valence-corrected chi connectivity index (χ3v) is 6.23. The minimum atomic E-state index is 0.0861. The zero-order valence-corrected chi connectivity index (χ0v) is 18.0. The van der Waals surface area contributed by atoms with Gasteiger partial charge in [0.15, 0.2) is 0 Å². The Bertz CT molecular complexity index is 820. The maximum atomic E-state index is 13.3. The molecule has 0 bridgehead atoms. The molecule has 0 aromatic heterocycles. The van der Waals surface area contributed by atoms with Crippen LogP contribution in [0.2, 0.25) is 0 Å². The Morgan fingerprint density at radius 2 is 1.77 bits per heavy atom. The number of para-hydroxylation sites is 1. The molecule has 2 fully saturated rings. The Labute approximate surface area is 180 Å². The summed E-state index contributed by atoms with van der Waals surface area (Å²) in [5.74, 6) is 0.354. The van der Waals surface area contributed by atoms with Crippen LogP contribution in [-0.2, 0) is 22.6 Å². The Morgan fingerprint density at radius 3 is 2.57 bits per heavy atom. The molecule has 0 radical (unpaired) electrons. The van der Waals surface area contributed by atoms with Gasteiger partial charge in [-0.3, -0.25) is 9.69 Å². The fourth-order valence-electron chi connectivity index (χ4n) is 4.64. The second-order valence-electron chi connectivity index (χ2n) is 8.48. The van der Waals surface area contributed by atoms with Gasteiger partial charge in [0.25, 0.3) is 0 Å². The van der Waals surface area contributed by atoms with Crippen molar-refractivity contribution in [1.82, 2.24) is 9.80 Å². The molecule has 2 aromatic rings. The van der Waals surface area contributed by atoms with Crippen molar-refractivity contribution in [3.63, 3.8) is 0 Å². The van der Waals surface area contributed by atoms with E-state index in [-0.39, 0.29) is 11.8 Å². The van der Waals surface area contributed by atoms with E-state index < -0.39 is 0 Å². The number of rotatable bonds is 6. The standard InChI is InChI=1S/C25H33N3O2/c1-26(19-22-10-5-6-12-24(22)28-14-16-30-17-15-28)25(29)23-11-7-13-27(20-23)18-21-8-3-2-4-9-21/h2-6,8-10,12,23H,7,11,13-20H2,1H3. The van der Waals surface area contributed by atoms with E-state index in [1.807, 2.05) is 11.9 Å². The number of morpholine rings is 1. The summed E-state index contributed by atoms with van der Waals surface area (Å²) in [6, 6.07) is 19.0. The highest BCUT2D eigenvalue weighted by Crippen LogP contribution is 2.25. The number of amides is 1. The van der Waals surface area contributed by atoms with Gasteiger partial charge in [-0.1, -0.05) is 48.5 Å². The van der Waals surface area contributed by atoms with Crippen LogP contribution >= 0.6 is 0 Å². The van der Waals surface area contributed by atoms with Crippen molar-refractivity contribution in [3.8, 4) is 0 Å². The molecule has 0 spiro atoms. The van der Waals surface area contributed by atoms with E-state index in [2.05, 4.69) is 64.4 Å². The predicted octanol–water partition coefficient (Wildman–Crippen LogP) is 3.39. The number of hydrogen-bond acceptors (Lipinski definition) is 4. The lowest BCUT2D eigenvalue weighted by Crippen LogP contribution is -2.43. The van der Waals surface area contributed by atoms with Gasteiger partial charge in [-0.2, -0.15) is 0 Å². The van der Waals surface area contributed by atoms with Crippen molar-refractivity contribution in [3.05, 3.63) is 65.7 Å². The Kier molecular flexibility index (Phi) is 7.03. The van der Waals surface area contributed by atoms with Crippen molar-refractivity contribution in [1.29, 1.82) is 0 Å². The van der Waals surface area contributed by atoms with Gasteiger partial charge in [-0.05, 0) is 36.6 Å². The van der Waals surface area contributed by atoms with Crippen molar-refractivity contribution in [2.45, 2.75) is 25.9 Å². The molecular weight excluding hydrogens is 374 g/mol. The SMILES string of the molecule is CN(Cc1ccccc1N1CCOCC1)C(=O)C1CCCN(Cc2ccccc2)C1. The van der Waals surface area contributed by atoms with Crippen LogP contribution in [0.3, 0.4) is 0 Å². The van der Waals surface area contributed by atoms with E-state index in [0.717, 1.165) is 58.8 Å². The van der Waals surface area contributed by atoms with E-state index in [9.17, 15) is 4.79 Å². The predicted molar refractivity (Wildman–Crippen MR) is 120 cm³/mol. The minimum Gasteiger partial charge on any atom is -0.378 e. The number of nitrogens with zero attached hydrogens (tertiary/aromatic N) is 3. The molecule has 5 nitrogen and oxygen atoms in total. The van der Waals surface area contributed by atoms with Crippen LogP contribution in [0.4, 0.5) is 5.69 Å². The Morgan fingerprint density at radius 1 is 1.03 bits per heavy atom. The van der Waals surface area contributed by atoms with Crippen molar-refractivity contribution >= 4 is 11.6 Å². The molecule has 2 aromatic carbocycles. The zero-order valence-electron chi connectivity index (χ0n) is 18.0. The minimum absolute atomic E-state index is 0.0861. The molecule has 30 heavy (non-hydrogen) atoms. The molecule has 1 unspecified atom stereocenters. The molecule has 5 heteroatoms. The molecule has 0 aliphatic carbocycles. The van der Waals surface area contributed by atoms with E-state index >= 15 is 0 Å². The van der Waals surface area contributed by atoms with Gasteiger partial charge in [0.2, 0.25) is 5.91 Å². The lowest BCUT2D eigenvalue weighted by molar-refractivity contribution is -0.136. The van der Waals surface area contributed by atoms with Crippen LogP contribution in [0.15, 0.2) is 54.6 Å². The van der Waals surface area contributed by atoms with Crippen molar-refractivity contribution in [2.24, 2.45) is 5.92 Å². The van der Waals surface area contributed by atoms with E-state index in [1.165, 1.54) is 16.8 Å². The highest BCUT2D eigenvalue weighted by atomic mass is 16.5. The smallest absolute Gasteiger partial charge is 0.227 e. The average Bonchev–Trinajstić information content (AvgIpc) is 2.80. The third kappa shape index (κ3) is 5.21. The number of likely N-dealkylation sites (tertiary alicyclic amines) is 1. The van der Waals surface area contributed by atoms with Crippen LogP contribution in [0.1, 0.15) is 24.0 Å². The van der Waals surface area contributed by atoms with Crippen LogP contribution in [0, 0.1) is 5.92 Å². The van der Waals surface area contributed by atoms with E-state index in [0.29, 0.717) is 6.54 Å². The number of anilines is 1. The molecule has 0 N–H and O–H groups in total. The first-order valence-electron chi connectivity index (χ1n) is 11.1. The van der Waals surface area contributed by atoms with Gasteiger partial charge in [-0.25, -0.2) is 0 Å². The number of ether oxygens (including phenoxy) is 1. The van der Waals surface area contributed by atoms with Crippen LogP contribution in [0.5, 0.6) is 0 Å². The summed E-state index contributed by atoms with van der Waals surface area (Å²) in [6.07, 6.45) is 2.07. The Balaban J connectivity index is 1.38. The maximum absolute atomic E-state index is 13.3. The molecule has 0 saturated carbocycles. The molecule has 2 aliphatic rings. The zero-order chi connectivity index (χ0) is 20.8. The lowest BCUT2D eigenvalue weighted by Gasteiger charge is -2.35. The number of hydrogen-bond donors (Lipinski definition) is 0. The first-order valence-corrected chi connectivity index (χ1v) is 11.1. The van der Waals surface area contributed by atoms with E-state index in [4.69, 9.17) is 4.74 Å². The third-order valence-electron chi connectivity index (χ3n) is 6.23. The molecular formula is C25H33N3O2. The second kappa shape index (κ2) is 10.1. The largest absolute Gasteiger partial charge is 0.378 e. The fourth-order valence-corrected chi connectivity index (χ4v) is 4.64. The summed E-state index contributed by atoms with van der Waals surface area (Å²) >= 11 is 0. The lowest BCUT2D eigenvalue weighted by atomic mass is 9.96. The summed E-state index contributed by atoms with van der Waals surface area (Å²) in [5, 5.41) is 0. The maximum Gasteiger partial charge on any atom is 0.227 e.